The molecule has 12 heavy (non-hydrogen) atoms. The average Bonchev–Trinajstić information content (AvgIpc) is 2.05. The highest BCUT2D eigenvalue weighted by atomic mass is 19.1. The van der Waals surface area contributed by atoms with Crippen molar-refractivity contribution in [3.63, 3.8) is 0 Å². The van der Waals surface area contributed by atoms with Crippen LogP contribution in [0.5, 0.6) is 0 Å². The van der Waals surface area contributed by atoms with E-state index in [1.165, 1.54) is 18.2 Å². The molecule has 1 aliphatic rings. The maximum absolute atomic E-state index is 13.2. The molecule has 0 aromatic heterocycles. The van der Waals surface area contributed by atoms with Crippen molar-refractivity contribution in [1.82, 2.24) is 0 Å². The minimum Gasteiger partial charge on any atom is -0.423 e. The van der Waals surface area contributed by atoms with Crippen LogP contribution >= 0.6 is 0 Å². The fourth-order valence-corrected chi connectivity index (χ4v) is 0.976. The maximum atomic E-state index is 13.2. The highest BCUT2D eigenvalue weighted by Crippen LogP contribution is 2.24. The van der Waals surface area contributed by atoms with Crippen LogP contribution in [0, 0.1) is 11.3 Å². The molecule has 2 N–H and O–H groups in total. The summed E-state index contributed by atoms with van der Waals surface area (Å²) in [6, 6.07) is 1.45. The SMILES string of the molecule is N#CC1(F)C=C(B(O)O)C=CC1. The van der Waals surface area contributed by atoms with Crippen LogP contribution in [0.15, 0.2) is 23.7 Å². The molecule has 0 radical (unpaired) electrons. The topological polar surface area (TPSA) is 64.2 Å². The van der Waals surface area contributed by atoms with E-state index in [0.29, 0.717) is 0 Å². The van der Waals surface area contributed by atoms with Gasteiger partial charge in [-0.15, -0.1) is 0 Å². The lowest BCUT2D eigenvalue weighted by Crippen LogP contribution is -2.24. The maximum Gasteiger partial charge on any atom is 0.488 e. The van der Waals surface area contributed by atoms with E-state index in [4.69, 9.17) is 15.3 Å². The van der Waals surface area contributed by atoms with Crippen molar-refractivity contribution >= 4 is 7.12 Å². The molecular formula is C7H7BFNO2. The van der Waals surface area contributed by atoms with E-state index >= 15 is 0 Å². The average molecular weight is 167 g/mol. The van der Waals surface area contributed by atoms with Crippen LogP contribution in [0.25, 0.3) is 0 Å². The van der Waals surface area contributed by atoms with Gasteiger partial charge in [0.15, 0.2) is 0 Å². The molecule has 3 nitrogen and oxygen atoms in total. The molecule has 0 amide bonds. The fourth-order valence-electron chi connectivity index (χ4n) is 0.976. The summed E-state index contributed by atoms with van der Waals surface area (Å²) < 4.78 is 13.2. The van der Waals surface area contributed by atoms with E-state index < -0.39 is 12.8 Å². The molecule has 0 bridgehead atoms. The third kappa shape index (κ3) is 1.73. The van der Waals surface area contributed by atoms with Crippen molar-refractivity contribution in [2.24, 2.45) is 0 Å². The van der Waals surface area contributed by atoms with Crippen molar-refractivity contribution < 1.29 is 14.4 Å². The van der Waals surface area contributed by atoms with Gasteiger partial charge in [0.1, 0.15) is 6.07 Å². The van der Waals surface area contributed by atoms with E-state index in [9.17, 15) is 4.39 Å². The van der Waals surface area contributed by atoms with Crippen LogP contribution in [-0.4, -0.2) is 22.8 Å². The summed E-state index contributed by atoms with van der Waals surface area (Å²) in [5.74, 6) is 0. The van der Waals surface area contributed by atoms with Gasteiger partial charge in [0.05, 0.1) is 0 Å². The van der Waals surface area contributed by atoms with Crippen molar-refractivity contribution in [1.29, 1.82) is 5.26 Å². The van der Waals surface area contributed by atoms with Crippen molar-refractivity contribution in [3.8, 4) is 6.07 Å². The van der Waals surface area contributed by atoms with Gasteiger partial charge in [0, 0.05) is 6.42 Å². The fraction of sp³-hybridized carbons (Fsp3) is 0.286. The minimum atomic E-state index is -2.09. The third-order valence-electron chi connectivity index (χ3n) is 1.60. The molecule has 5 heteroatoms. The first-order valence-electron chi connectivity index (χ1n) is 3.43. The molecule has 1 aliphatic carbocycles. The largest absolute Gasteiger partial charge is 0.488 e. The van der Waals surface area contributed by atoms with Crippen LogP contribution in [0.3, 0.4) is 0 Å². The number of nitriles is 1. The van der Waals surface area contributed by atoms with Crippen LogP contribution in [-0.2, 0) is 0 Å². The zero-order valence-corrected chi connectivity index (χ0v) is 6.24. The van der Waals surface area contributed by atoms with E-state index in [1.807, 2.05) is 0 Å². The molecule has 62 valence electrons. The van der Waals surface area contributed by atoms with Crippen LogP contribution in [0.4, 0.5) is 4.39 Å². The van der Waals surface area contributed by atoms with Gasteiger partial charge in [-0.1, -0.05) is 12.2 Å². The quantitative estimate of drug-likeness (QED) is 0.545. The molecule has 1 atom stereocenters. The Labute approximate surface area is 69.6 Å². The Balaban J connectivity index is 2.91. The molecule has 0 saturated heterocycles. The number of alkyl halides is 1. The number of hydrogen-bond acceptors (Lipinski definition) is 3. The summed E-state index contributed by atoms with van der Waals surface area (Å²) in [4.78, 5) is 0. The van der Waals surface area contributed by atoms with Crippen LogP contribution in [0.2, 0.25) is 0 Å². The lowest BCUT2D eigenvalue weighted by atomic mass is 9.74. The van der Waals surface area contributed by atoms with Gasteiger partial charge in [0.25, 0.3) is 0 Å². The lowest BCUT2D eigenvalue weighted by molar-refractivity contribution is 0.307. The minimum absolute atomic E-state index is 0.0188. The van der Waals surface area contributed by atoms with E-state index in [-0.39, 0.29) is 11.9 Å². The van der Waals surface area contributed by atoms with Crippen LogP contribution in [0.1, 0.15) is 6.42 Å². The smallest absolute Gasteiger partial charge is 0.423 e. The second-order valence-corrected chi connectivity index (χ2v) is 2.60. The second-order valence-electron chi connectivity index (χ2n) is 2.60. The molecule has 0 saturated carbocycles. The molecule has 0 aromatic rings. The van der Waals surface area contributed by atoms with Gasteiger partial charge in [0.2, 0.25) is 5.67 Å². The molecule has 0 aliphatic heterocycles. The van der Waals surface area contributed by atoms with E-state index in [2.05, 4.69) is 0 Å². The van der Waals surface area contributed by atoms with E-state index in [1.54, 1.807) is 0 Å². The summed E-state index contributed by atoms with van der Waals surface area (Å²) in [6.07, 6.45) is 3.68. The Morgan fingerprint density at radius 1 is 1.67 bits per heavy atom. The summed E-state index contributed by atoms with van der Waals surface area (Å²) in [7, 11) is -1.72. The Hall–Kier alpha value is -1.12. The molecule has 1 rings (SSSR count). The predicted octanol–water partition coefficient (Wildman–Crippen LogP) is 0.117. The van der Waals surface area contributed by atoms with Crippen molar-refractivity contribution in [2.75, 3.05) is 0 Å². The first kappa shape index (κ1) is 8.98. The highest BCUT2D eigenvalue weighted by molar-refractivity contribution is 6.51. The zero-order valence-electron chi connectivity index (χ0n) is 6.24. The number of allylic oxidation sites excluding steroid dienone is 4. The Morgan fingerprint density at radius 3 is 2.83 bits per heavy atom. The second kappa shape index (κ2) is 3.09. The summed E-state index contributed by atoms with van der Waals surface area (Å²) in [5.41, 5.74) is -2.07. The van der Waals surface area contributed by atoms with Gasteiger partial charge in [-0.25, -0.2) is 4.39 Å². The van der Waals surface area contributed by atoms with Crippen molar-refractivity contribution in [3.05, 3.63) is 23.7 Å². The number of halogens is 1. The van der Waals surface area contributed by atoms with Gasteiger partial charge in [-0.3, -0.25) is 0 Å². The molecule has 1 unspecified atom stereocenters. The first-order chi connectivity index (χ1) is 5.57. The van der Waals surface area contributed by atoms with Gasteiger partial charge in [-0.2, -0.15) is 5.26 Å². The lowest BCUT2D eigenvalue weighted by Gasteiger charge is -2.16. The van der Waals surface area contributed by atoms with Crippen molar-refractivity contribution in [2.45, 2.75) is 12.1 Å². The highest BCUT2D eigenvalue weighted by Gasteiger charge is 2.30. The molecular weight excluding hydrogens is 160 g/mol. The molecule has 0 heterocycles. The number of rotatable bonds is 1. The predicted molar refractivity (Wildman–Crippen MR) is 41.5 cm³/mol. The standard InChI is InChI=1S/C7H7BFNO2/c9-7(5-10)3-1-2-6(4-7)8(11)12/h1-2,4,11-12H,3H2. The monoisotopic (exact) mass is 167 g/mol. The normalized spacial score (nSPS) is 27.7. The number of hydrogen-bond donors (Lipinski definition) is 2. The summed E-state index contributed by atoms with van der Waals surface area (Å²) in [5, 5.41) is 25.7. The van der Waals surface area contributed by atoms with Gasteiger partial charge >= 0.3 is 7.12 Å². The number of nitrogens with zero attached hydrogens (tertiary/aromatic N) is 1. The Kier molecular flexibility index (Phi) is 2.31. The Morgan fingerprint density at radius 2 is 2.33 bits per heavy atom. The molecule has 0 spiro atoms. The van der Waals surface area contributed by atoms with E-state index in [0.717, 1.165) is 6.08 Å². The first-order valence-corrected chi connectivity index (χ1v) is 3.43. The van der Waals surface area contributed by atoms with Crippen LogP contribution < -0.4 is 0 Å². The van der Waals surface area contributed by atoms with Gasteiger partial charge in [-0.05, 0) is 11.5 Å². The summed E-state index contributed by atoms with van der Waals surface area (Å²) >= 11 is 0. The molecule has 0 aromatic carbocycles. The third-order valence-corrected chi connectivity index (χ3v) is 1.60. The molecule has 0 fully saturated rings. The zero-order chi connectivity index (χ0) is 9.19. The Bertz CT molecular complexity index is 282. The van der Waals surface area contributed by atoms with Gasteiger partial charge < -0.3 is 10.0 Å². The summed E-state index contributed by atoms with van der Waals surface area (Å²) in [6.45, 7) is 0.